The van der Waals surface area contributed by atoms with Crippen molar-refractivity contribution in [3.63, 3.8) is 0 Å². The average Bonchev–Trinajstić information content (AvgIpc) is 2.18. The van der Waals surface area contributed by atoms with Crippen LogP contribution in [0.4, 0.5) is 4.39 Å². The van der Waals surface area contributed by atoms with Crippen molar-refractivity contribution < 1.29 is 4.39 Å². The average molecular weight is 187 g/mol. The van der Waals surface area contributed by atoms with Gasteiger partial charge in [-0.2, -0.15) is 0 Å². The van der Waals surface area contributed by atoms with Crippen molar-refractivity contribution >= 4 is 0 Å². The molecule has 1 aliphatic heterocycles. The van der Waals surface area contributed by atoms with Gasteiger partial charge in [0.1, 0.15) is 5.67 Å². The molecule has 3 unspecified atom stereocenters. The van der Waals surface area contributed by atoms with Gasteiger partial charge in [0.05, 0.1) is 0 Å². The molecule has 1 saturated heterocycles. The van der Waals surface area contributed by atoms with Crippen molar-refractivity contribution in [3.05, 3.63) is 0 Å². The van der Waals surface area contributed by atoms with Gasteiger partial charge in [0.25, 0.3) is 0 Å². The fraction of sp³-hybridized carbons (Fsp3) is 1.00. The van der Waals surface area contributed by atoms with E-state index >= 15 is 0 Å². The fourth-order valence-electron chi connectivity index (χ4n) is 2.14. The minimum absolute atomic E-state index is 0.178. The van der Waals surface area contributed by atoms with E-state index in [1.54, 1.807) is 6.92 Å². The molecule has 1 nitrogen and oxygen atoms in total. The first-order valence-corrected chi connectivity index (χ1v) is 5.48. The quantitative estimate of drug-likeness (QED) is 0.716. The molecule has 0 aliphatic carbocycles. The fourth-order valence-corrected chi connectivity index (χ4v) is 2.14. The van der Waals surface area contributed by atoms with Crippen LogP contribution >= 0.6 is 0 Å². The van der Waals surface area contributed by atoms with E-state index in [-0.39, 0.29) is 11.8 Å². The van der Waals surface area contributed by atoms with E-state index in [0.717, 1.165) is 32.4 Å². The predicted molar refractivity (Wildman–Crippen MR) is 54.6 cm³/mol. The third kappa shape index (κ3) is 2.43. The SMILES string of the molecule is CCC(C)C(C)(F)C1CCCNC1. The molecule has 1 rings (SSSR count). The second-order valence-electron chi connectivity index (χ2n) is 4.50. The Hall–Kier alpha value is -0.110. The van der Waals surface area contributed by atoms with E-state index < -0.39 is 5.67 Å². The lowest BCUT2D eigenvalue weighted by atomic mass is 9.76. The number of hydrogen-bond acceptors (Lipinski definition) is 1. The van der Waals surface area contributed by atoms with Crippen LogP contribution in [0.1, 0.15) is 40.0 Å². The first kappa shape index (κ1) is 11.0. The molecule has 0 aromatic rings. The molecule has 0 aromatic heterocycles. The summed E-state index contributed by atoms with van der Waals surface area (Å²) in [5, 5.41) is 3.28. The summed E-state index contributed by atoms with van der Waals surface area (Å²) in [6, 6.07) is 0. The van der Waals surface area contributed by atoms with Crippen molar-refractivity contribution in [1.82, 2.24) is 5.32 Å². The smallest absolute Gasteiger partial charge is 0.114 e. The Morgan fingerprint density at radius 3 is 2.77 bits per heavy atom. The number of rotatable bonds is 3. The second-order valence-corrected chi connectivity index (χ2v) is 4.50. The van der Waals surface area contributed by atoms with Gasteiger partial charge in [-0.25, -0.2) is 4.39 Å². The lowest BCUT2D eigenvalue weighted by Crippen LogP contribution is -2.45. The van der Waals surface area contributed by atoms with Gasteiger partial charge >= 0.3 is 0 Å². The highest BCUT2D eigenvalue weighted by Crippen LogP contribution is 2.35. The largest absolute Gasteiger partial charge is 0.316 e. The summed E-state index contributed by atoms with van der Waals surface area (Å²) in [5.41, 5.74) is -0.984. The normalized spacial score (nSPS) is 30.9. The van der Waals surface area contributed by atoms with Gasteiger partial charge in [0.2, 0.25) is 0 Å². The first-order valence-electron chi connectivity index (χ1n) is 5.48. The molecule has 1 heterocycles. The van der Waals surface area contributed by atoms with Crippen LogP contribution in [0.25, 0.3) is 0 Å². The van der Waals surface area contributed by atoms with Crippen LogP contribution in [0.15, 0.2) is 0 Å². The molecule has 0 amide bonds. The molecule has 0 aromatic carbocycles. The molecule has 3 atom stereocenters. The molecule has 2 heteroatoms. The number of nitrogens with one attached hydrogen (secondary N) is 1. The standard InChI is InChI=1S/C11H22FN/c1-4-9(2)11(3,12)10-6-5-7-13-8-10/h9-10,13H,4-8H2,1-3H3. The molecule has 0 radical (unpaired) electrons. The van der Waals surface area contributed by atoms with E-state index in [0.29, 0.717) is 0 Å². The highest BCUT2D eigenvalue weighted by atomic mass is 19.1. The zero-order valence-electron chi connectivity index (χ0n) is 9.07. The lowest BCUT2D eigenvalue weighted by Gasteiger charge is -2.37. The summed E-state index contributed by atoms with van der Waals surface area (Å²) in [6.45, 7) is 7.79. The Kier molecular flexibility index (Phi) is 3.72. The monoisotopic (exact) mass is 187 g/mol. The minimum Gasteiger partial charge on any atom is -0.316 e. The number of hydrogen-bond donors (Lipinski definition) is 1. The van der Waals surface area contributed by atoms with Gasteiger partial charge in [-0.3, -0.25) is 0 Å². The maximum absolute atomic E-state index is 14.3. The van der Waals surface area contributed by atoms with E-state index in [4.69, 9.17) is 0 Å². The predicted octanol–water partition coefficient (Wildman–Crippen LogP) is 2.76. The summed E-state index contributed by atoms with van der Waals surface area (Å²) in [4.78, 5) is 0. The van der Waals surface area contributed by atoms with E-state index in [1.165, 1.54) is 0 Å². The molecule has 13 heavy (non-hydrogen) atoms. The van der Waals surface area contributed by atoms with Crippen LogP contribution in [0.5, 0.6) is 0 Å². The van der Waals surface area contributed by atoms with Crippen LogP contribution < -0.4 is 5.32 Å². The zero-order valence-corrected chi connectivity index (χ0v) is 9.07. The Morgan fingerprint density at radius 2 is 2.31 bits per heavy atom. The van der Waals surface area contributed by atoms with E-state index in [1.807, 2.05) is 6.92 Å². The molecule has 1 fully saturated rings. The number of halogens is 1. The van der Waals surface area contributed by atoms with Crippen molar-refractivity contribution in [2.75, 3.05) is 13.1 Å². The van der Waals surface area contributed by atoms with Crippen molar-refractivity contribution in [2.45, 2.75) is 45.7 Å². The summed E-state index contributed by atoms with van der Waals surface area (Å²) in [6.07, 6.45) is 3.11. The molecule has 78 valence electrons. The third-order valence-electron chi connectivity index (χ3n) is 3.67. The summed E-state index contributed by atoms with van der Waals surface area (Å²) >= 11 is 0. The van der Waals surface area contributed by atoms with Crippen molar-refractivity contribution in [2.24, 2.45) is 11.8 Å². The maximum Gasteiger partial charge on any atom is 0.114 e. The van der Waals surface area contributed by atoms with Gasteiger partial charge < -0.3 is 5.32 Å². The van der Waals surface area contributed by atoms with Crippen molar-refractivity contribution in [3.8, 4) is 0 Å². The van der Waals surface area contributed by atoms with Crippen LogP contribution in [0, 0.1) is 11.8 Å². The van der Waals surface area contributed by atoms with Gasteiger partial charge in [-0.05, 0) is 32.2 Å². The van der Waals surface area contributed by atoms with Crippen LogP contribution in [0.3, 0.4) is 0 Å². The molecule has 0 bridgehead atoms. The summed E-state index contributed by atoms with van der Waals surface area (Å²) in [5.74, 6) is 0.397. The van der Waals surface area contributed by atoms with Crippen molar-refractivity contribution in [1.29, 1.82) is 0 Å². The number of piperidine rings is 1. The Bertz CT molecular complexity index is 150. The number of alkyl halides is 1. The zero-order chi connectivity index (χ0) is 9.90. The molecular weight excluding hydrogens is 165 g/mol. The minimum atomic E-state index is -0.984. The van der Waals surface area contributed by atoms with Gasteiger partial charge in [0.15, 0.2) is 0 Å². The third-order valence-corrected chi connectivity index (χ3v) is 3.67. The molecule has 1 N–H and O–H groups in total. The maximum atomic E-state index is 14.3. The Morgan fingerprint density at radius 1 is 1.62 bits per heavy atom. The van der Waals surface area contributed by atoms with Gasteiger partial charge in [-0.1, -0.05) is 20.3 Å². The Labute approximate surface area is 81.1 Å². The summed E-state index contributed by atoms with van der Waals surface area (Å²) in [7, 11) is 0. The van der Waals surface area contributed by atoms with Crippen LogP contribution in [0.2, 0.25) is 0 Å². The van der Waals surface area contributed by atoms with Crippen LogP contribution in [-0.4, -0.2) is 18.8 Å². The topological polar surface area (TPSA) is 12.0 Å². The highest BCUT2D eigenvalue weighted by molar-refractivity contribution is 4.89. The molecule has 0 saturated carbocycles. The lowest BCUT2D eigenvalue weighted by molar-refractivity contribution is 0.0270. The van der Waals surface area contributed by atoms with Gasteiger partial charge in [-0.15, -0.1) is 0 Å². The molecule has 0 spiro atoms. The molecular formula is C11H22FN. The van der Waals surface area contributed by atoms with E-state index in [9.17, 15) is 4.39 Å². The van der Waals surface area contributed by atoms with E-state index in [2.05, 4.69) is 12.2 Å². The molecule has 1 aliphatic rings. The Balaban J connectivity index is 2.55. The summed E-state index contributed by atoms with van der Waals surface area (Å²) < 4.78 is 14.3. The van der Waals surface area contributed by atoms with Crippen LogP contribution in [-0.2, 0) is 0 Å². The first-order chi connectivity index (χ1) is 6.09. The van der Waals surface area contributed by atoms with Gasteiger partial charge in [0, 0.05) is 12.5 Å². The second kappa shape index (κ2) is 4.41. The highest BCUT2D eigenvalue weighted by Gasteiger charge is 2.38.